The number of nitrogens with one attached hydrogen (secondary N) is 2. The van der Waals surface area contributed by atoms with Crippen molar-refractivity contribution in [3.05, 3.63) is 131 Å². The molecular weight excluding hydrogens is 773 g/mol. The third-order valence-corrected chi connectivity index (χ3v) is 13.9. The van der Waals surface area contributed by atoms with Crippen LogP contribution in [0.4, 0.5) is 0 Å². The third kappa shape index (κ3) is 10.3. The molecule has 2 aromatic heterocycles. The van der Waals surface area contributed by atoms with Crippen LogP contribution in [0, 0.1) is 5.92 Å². The van der Waals surface area contributed by atoms with Gasteiger partial charge in [0.05, 0.1) is 50.5 Å². The average molecular weight is 839 g/mol. The maximum absolute atomic E-state index is 14.5. The van der Waals surface area contributed by atoms with Gasteiger partial charge in [-0.25, -0.2) is 9.97 Å². The maximum Gasteiger partial charge on any atom is 0.244 e. The summed E-state index contributed by atoms with van der Waals surface area (Å²) in [7, 11) is -1.64. The Balaban J connectivity index is 0.994. The van der Waals surface area contributed by atoms with Crippen LogP contribution in [0.25, 0.3) is 22.3 Å². The lowest BCUT2D eigenvalue weighted by molar-refractivity contribution is -0.137. The highest BCUT2D eigenvalue weighted by Gasteiger charge is 2.36. The molecule has 0 spiro atoms. The van der Waals surface area contributed by atoms with Crippen molar-refractivity contribution in [1.82, 2.24) is 34.6 Å². The SMILES string of the molecule is CCN(CC)C(C(=O)N(Cc1ncc(C2=CC=C(c3ccc(C4=CC=C(c5cnc(C6CCCN6C(=O)C(N)C(C)C)[nH]5)CC4)cc3)CC2)[nH]1)C[Si](C)(C)C)c1ccccc1. The number of hydrogen-bond donors (Lipinski definition) is 3. The molecule has 4 N–H and O–H groups in total. The number of likely N-dealkylation sites (tertiary alicyclic amines) is 1. The van der Waals surface area contributed by atoms with Gasteiger partial charge in [0.15, 0.2) is 0 Å². The van der Waals surface area contributed by atoms with E-state index in [0.717, 1.165) is 92.9 Å². The second-order valence-corrected chi connectivity index (χ2v) is 24.0. The number of benzene rings is 2. The molecule has 2 aliphatic carbocycles. The van der Waals surface area contributed by atoms with Gasteiger partial charge in [-0.1, -0.05) is 126 Å². The second-order valence-electron chi connectivity index (χ2n) is 18.5. The number of carbonyl (C=O) groups is 2. The number of rotatable bonds is 16. The van der Waals surface area contributed by atoms with Crippen molar-refractivity contribution in [3.63, 3.8) is 0 Å². The Morgan fingerprint density at radius 1 is 0.803 bits per heavy atom. The van der Waals surface area contributed by atoms with Gasteiger partial charge < -0.3 is 25.5 Å². The summed E-state index contributed by atoms with van der Waals surface area (Å²) in [5, 5.41) is 0. The van der Waals surface area contributed by atoms with Gasteiger partial charge in [0.2, 0.25) is 11.8 Å². The third-order valence-electron chi connectivity index (χ3n) is 12.5. The summed E-state index contributed by atoms with van der Waals surface area (Å²) >= 11 is 0. The predicted molar refractivity (Wildman–Crippen MR) is 251 cm³/mol. The Hall–Kier alpha value is -5.10. The Kier molecular flexibility index (Phi) is 13.9. The number of hydrogen-bond acceptors (Lipinski definition) is 6. The van der Waals surface area contributed by atoms with E-state index in [4.69, 9.17) is 15.7 Å². The Bertz CT molecular complexity index is 2270. The summed E-state index contributed by atoms with van der Waals surface area (Å²) in [6.45, 7) is 18.0. The van der Waals surface area contributed by atoms with Gasteiger partial charge in [0.25, 0.3) is 0 Å². The van der Waals surface area contributed by atoms with E-state index in [2.05, 4.69) is 114 Å². The molecular formula is C50H66N8O2Si. The highest BCUT2D eigenvalue weighted by atomic mass is 28.3. The molecule has 0 radical (unpaired) electrons. The van der Waals surface area contributed by atoms with Crippen LogP contribution in [0.2, 0.25) is 19.6 Å². The fraction of sp³-hybridized carbons (Fsp3) is 0.440. The van der Waals surface area contributed by atoms with Crippen molar-refractivity contribution < 1.29 is 9.59 Å². The van der Waals surface area contributed by atoms with Crippen molar-refractivity contribution in [1.29, 1.82) is 0 Å². The first-order valence-corrected chi connectivity index (χ1v) is 26.2. The molecule has 3 heterocycles. The highest BCUT2D eigenvalue weighted by molar-refractivity contribution is 6.76. The number of imidazole rings is 2. The quantitative estimate of drug-likeness (QED) is 0.0966. The minimum Gasteiger partial charge on any atom is -0.341 e. The first-order valence-electron chi connectivity index (χ1n) is 22.5. The van der Waals surface area contributed by atoms with Crippen molar-refractivity contribution in [2.24, 2.45) is 11.7 Å². The van der Waals surface area contributed by atoms with Crippen LogP contribution in [0.5, 0.6) is 0 Å². The Morgan fingerprint density at radius 3 is 1.90 bits per heavy atom. The van der Waals surface area contributed by atoms with E-state index >= 15 is 0 Å². The van der Waals surface area contributed by atoms with E-state index in [1.807, 2.05) is 49.3 Å². The zero-order chi connectivity index (χ0) is 43.3. The van der Waals surface area contributed by atoms with Crippen LogP contribution in [-0.2, 0) is 16.1 Å². The molecule has 7 rings (SSSR count). The lowest BCUT2D eigenvalue weighted by atomic mass is 9.89. The molecule has 4 aromatic rings. The summed E-state index contributed by atoms with van der Waals surface area (Å²) in [5.41, 5.74) is 16.9. The molecule has 1 fully saturated rings. The highest BCUT2D eigenvalue weighted by Crippen LogP contribution is 2.36. The number of H-pyrrole nitrogens is 2. The topological polar surface area (TPSA) is 127 Å². The van der Waals surface area contributed by atoms with Crippen molar-refractivity contribution in [3.8, 4) is 0 Å². The van der Waals surface area contributed by atoms with E-state index in [0.29, 0.717) is 6.54 Å². The standard InChI is InChI=1S/C50H66N8O2Si/c1-8-56(9-2)47(41-14-11-10-12-15-41)50(60)57(33-61(5,6)7)32-45-52-30-42(54-45)39-25-21-37(22-26-39)35-17-19-36(20-18-35)38-23-27-40(28-24-38)43-31-53-48(55-43)44-16-13-29-58(44)49(59)46(51)34(3)4/h10-12,14-15,17-21,23,25,27,30-31,34,44,46-47H,8-9,13,16,22,24,26,28-29,32-33,51H2,1-7H3,(H,52,54)(H,53,55). The van der Waals surface area contributed by atoms with Gasteiger partial charge in [0.1, 0.15) is 17.7 Å². The lowest BCUT2D eigenvalue weighted by Crippen LogP contribution is -2.48. The number of aromatic amines is 2. The van der Waals surface area contributed by atoms with Crippen LogP contribution in [0.1, 0.15) is 118 Å². The molecule has 3 atom stereocenters. The lowest BCUT2D eigenvalue weighted by Gasteiger charge is -2.36. The van der Waals surface area contributed by atoms with E-state index in [1.54, 1.807) is 0 Å². The summed E-state index contributed by atoms with van der Waals surface area (Å²) in [5.74, 6) is 1.94. The molecule has 0 bridgehead atoms. The maximum atomic E-state index is 14.5. The number of amides is 2. The van der Waals surface area contributed by atoms with Gasteiger partial charge in [0, 0.05) is 12.7 Å². The van der Waals surface area contributed by atoms with E-state index in [9.17, 15) is 9.59 Å². The molecule has 1 saturated heterocycles. The van der Waals surface area contributed by atoms with E-state index < -0.39 is 14.1 Å². The summed E-state index contributed by atoms with van der Waals surface area (Å²) in [4.78, 5) is 50.5. The monoisotopic (exact) mass is 839 g/mol. The van der Waals surface area contributed by atoms with Crippen molar-refractivity contribution in [2.45, 2.75) is 111 Å². The molecule has 1 aliphatic heterocycles. The summed E-state index contributed by atoms with van der Waals surface area (Å²) in [6, 6.07) is 18.4. The summed E-state index contributed by atoms with van der Waals surface area (Å²) in [6.07, 6.45) is 19.1. The van der Waals surface area contributed by atoms with Gasteiger partial charge in [-0.15, -0.1) is 0 Å². The van der Waals surface area contributed by atoms with Gasteiger partial charge >= 0.3 is 0 Å². The fourth-order valence-corrected chi connectivity index (χ4v) is 10.5. The average Bonchev–Trinajstić information content (AvgIpc) is 4.07. The second kappa shape index (κ2) is 19.3. The molecule has 322 valence electrons. The van der Waals surface area contributed by atoms with Crippen molar-refractivity contribution >= 4 is 42.2 Å². The molecule has 2 aromatic carbocycles. The van der Waals surface area contributed by atoms with Crippen LogP contribution >= 0.6 is 0 Å². The minimum absolute atomic E-state index is 0.0185. The fourth-order valence-electron chi connectivity index (χ4n) is 9.04. The number of allylic oxidation sites excluding steroid dienone is 8. The van der Waals surface area contributed by atoms with E-state index in [1.165, 1.54) is 33.4 Å². The molecule has 10 nitrogen and oxygen atoms in total. The largest absolute Gasteiger partial charge is 0.341 e. The Labute approximate surface area is 364 Å². The number of aromatic nitrogens is 4. The molecule has 11 heteroatoms. The number of carbonyl (C=O) groups excluding carboxylic acids is 2. The molecule has 2 amide bonds. The molecule has 0 saturated carbocycles. The van der Waals surface area contributed by atoms with Crippen LogP contribution in [0.15, 0.2) is 91.3 Å². The normalized spacial score (nSPS) is 18.1. The smallest absolute Gasteiger partial charge is 0.244 e. The number of nitrogens with zero attached hydrogens (tertiary/aromatic N) is 5. The first-order chi connectivity index (χ1) is 29.3. The summed E-state index contributed by atoms with van der Waals surface area (Å²) < 4.78 is 0. The minimum atomic E-state index is -1.64. The first kappa shape index (κ1) is 44.0. The molecule has 3 unspecified atom stereocenters. The Morgan fingerprint density at radius 2 is 1.36 bits per heavy atom. The van der Waals surface area contributed by atoms with Crippen LogP contribution in [-0.4, -0.2) is 86.4 Å². The van der Waals surface area contributed by atoms with E-state index in [-0.39, 0.29) is 29.8 Å². The zero-order valence-corrected chi connectivity index (χ0v) is 38.4. The van der Waals surface area contributed by atoms with Gasteiger partial charge in [-0.05, 0) is 96.5 Å². The van der Waals surface area contributed by atoms with Gasteiger partial charge in [-0.2, -0.15) is 0 Å². The number of likely N-dealkylation sites (N-methyl/N-ethyl adjacent to an activating group) is 1. The van der Waals surface area contributed by atoms with Crippen LogP contribution in [0.3, 0.4) is 0 Å². The zero-order valence-electron chi connectivity index (χ0n) is 37.4. The predicted octanol–water partition coefficient (Wildman–Crippen LogP) is 9.59. The van der Waals surface area contributed by atoms with Gasteiger partial charge in [-0.3, -0.25) is 14.5 Å². The molecule has 3 aliphatic rings. The number of nitrogens with two attached hydrogens (primary N) is 1. The van der Waals surface area contributed by atoms with Crippen LogP contribution < -0.4 is 5.73 Å². The van der Waals surface area contributed by atoms with Crippen molar-refractivity contribution in [2.75, 3.05) is 25.8 Å². The molecule has 61 heavy (non-hydrogen) atoms.